The molecule has 1 aromatic carbocycles. The Balaban J connectivity index is 1.48. The van der Waals surface area contributed by atoms with Gasteiger partial charge in [-0.1, -0.05) is 45.9 Å². The Hall–Kier alpha value is -1.96. The largest absolute Gasteiger partial charge is 0.294 e. The minimum atomic E-state index is -0.156. The van der Waals surface area contributed by atoms with Gasteiger partial charge in [0.1, 0.15) is 0 Å². The van der Waals surface area contributed by atoms with Crippen LogP contribution in [-0.2, 0) is 9.59 Å². The van der Waals surface area contributed by atoms with Gasteiger partial charge in [-0.05, 0) is 89.8 Å². The molecule has 0 radical (unpaired) electrons. The average molecular weight is 375 g/mol. The van der Waals surface area contributed by atoms with Crippen LogP contribution in [0.5, 0.6) is 0 Å². The van der Waals surface area contributed by atoms with E-state index in [1.54, 1.807) is 0 Å². The van der Waals surface area contributed by atoms with Crippen molar-refractivity contribution in [2.75, 3.05) is 0 Å². The molecule has 5 rings (SSSR count). The highest BCUT2D eigenvalue weighted by Crippen LogP contribution is 2.59. The lowest BCUT2D eigenvalue weighted by atomic mass is 9.80. The molecular weight excluding hydrogens is 344 g/mol. The molecule has 6 atom stereocenters. The van der Waals surface area contributed by atoms with E-state index in [2.05, 4.69) is 58.0 Å². The number of benzene rings is 1. The predicted molar refractivity (Wildman–Crippen MR) is 112 cm³/mol. The first kappa shape index (κ1) is 18.1. The highest BCUT2D eigenvalue weighted by atomic mass is 16.1. The van der Waals surface area contributed by atoms with Gasteiger partial charge in [-0.25, -0.2) is 0 Å². The first-order valence-corrected chi connectivity index (χ1v) is 10.9. The summed E-state index contributed by atoms with van der Waals surface area (Å²) in [5.41, 5.74) is 3.88. The minimum Gasteiger partial charge on any atom is -0.294 e. The van der Waals surface area contributed by atoms with E-state index in [0.717, 1.165) is 48.0 Å². The molecule has 146 valence electrons. The lowest BCUT2D eigenvalue weighted by molar-refractivity contribution is -0.124. The lowest BCUT2D eigenvalue weighted by Crippen LogP contribution is -2.25. The summed E-state index contributed by atoms with van der Waals surface area (Å²) in [7, 11) is 0. The molecule has 0 aliphatic heterocycles. The van der Waals surface area contributed by atoms with E-state index in [1.807, 2.05) is 6.07 Å². The molecule has 2 nitrogen and oxygen atoms in total. The third kappa shape index (κ3) is 2.21. The van der Waals surface area contributed by atoms with Crippen LogP contribution in [0.2, 0.25) is 0 Å². The van der Waals surface area contributed by atoms with Gasteiger partial charge in [0, 0.05) is 10.8 Å². The van der Waals surface area contributed by atoms with Gasteiger partial charge in [0.05, 0.1) is 0 Å². The number of rotatable bonds is 2. The summed E-state index contributed by atoms with van der Waals surface area (Å²) in [6.45, 7) is 8.76. The Labute approximate surface area is 168 Å². The number of hydrogen-bond acceptors (Lipinski definition) is 2. The maximum absolute atomic E-state index is 12.9. The number of ketones is 2. The molecule has 0 spiro atoms. The fourth-order valence-corrected chi connectivity index (χ4v) is 6.68. The van der Waals surface area contributed by atoms with E-state index < -0.39 is 0 Å². The average Bonchev–Trinajstić information content (AvgIpc) is 3.25. The molecule has 4 saturated carbocycles. The number of allylic oxidation sites excluding steroid dienone is 2. The van der Waals surface area contributed by atoms with Crippen molar-refractivity contribution in [1.82, 2.24) is 0 Å². The van der Waals surface area contributed by atoms with Crippen LogP contribution in [0.25, 0.3) is 12.2 Å². The molecule has 0 saturated heterocycles. The van der Waals surface area contributed by atoms with Gasteiger partial charge in [0.15, 0.2) is 11.6 Å². The summed E-state index contributed by atoms with van der Waals surface area (Å²) in [4.78, 5) is 25.9. The van der Waals surface area contributed by atoms with E-state index in [4.69, 9.17) is 0 Å². The normalized spacial score (nSPS) is 44.4. The maximum atomic E-state index is 12.9. The molecule has 1 aromatic rings. The second-order valence-corrected chi connectivity index (χ2v) is 10.2. The quantitative estimate of drug-likeness (QED) is 0.620. The summed E-state index contributed by atoms with van der Waals surface area (Å²) in [5, 5.41) is 0. The van der Waals surface area contributed by atoms with Crippen molar-refractivity contribution in [2.45, 2.75) is 53.4 Å². The molecule has 0 N–H and O–H groups in total. The predicted octanol–water partition coefficient (Wildman–Crippen LogP) is 5.72. The van der Waals surface area contributed by atoms with Gasteiger partial charge >= 0.3 is 0 Å². The van der Waals surface area contributed by atoms with Crippen molar-refractivity contribution in [1.29, 1.82) is 0 Å². The molecule has 6 unspecified atom stereocenters. The molecular formula is C26H30O2. The zero-order chi connectivity index (χ0) is 19.8. The Morgan fingerprint density at radius 2 is 1.25 bits per heavy atom. The van der Waals surface area contributed by atoms with Crippen molar-refractivity contribution < 1.29 is 9.59 Å². The van der Waals surface area contributed by atoms with Crippen molar-refractivity contribution >= 4 is 23.7 Å². The maximum Gasteiger partial charge on any atom is 0.165 e. The van der Waals surface area contributed by atoms with Crippen molar-refractivity contribution in [3.05, 3.63) is 46.5 Å². The SMILES string of the molecule is CC1C2CCC1(C)C(=O)/C2=C/c1cccc(/C=C2/C(=O)C3(C)CCC2C3C)c1. The second-order valence-electron chi connectivity index (χ2n) is 10.2. The molecule has 0 aromatic heterocycles. The number of carbonyl (C=O) groups excluding carboxylic acids is 2. The third-order valence-corrected chi connectivity index (χ3v) is 9.08. The number of fused-ring (bicyclic) bond motifs is 4. The van der Waals surface area contributed by atoms with E-state index in [1.165, 1.54) is 0 Å². The van der Waals surface area contributed by atoms with Crippen LogP contribution in [0.3, 0.4) is 0 Å². The van der Waals surface area contributed by atoms with Gasteiger partial charge in [-0.2, -0.15) is 0 Å². The van der Waals surface area contributed by atoms with Crippen molar-refractivity contribution in [2.24, 2.45) is 34.5 Å². The minimum absolute atomic E-state index is 0.156. The van der Waals surface area contributed by atoms with Crippen LogP contribution in [0.1, 0.15) is 64.5 Å². The zero-order valence-corrected chi connectivity index (χ0v) is 17.4. The molecule has 0 amide bonds. The van der Waals surface area contributed by atoms with Gasteiger partial charge in [-0.3, -0.25) is 9.59 Å². The van der Waals surface area contributed by atoms with Crippen molar-refractivity contribution in [3.8, 4) is 0 Å². The summed E-state index contributed by atoms with van der Waals surface area (Å²) < 4.78 is 0. The molecule has 4 fully saturated rings. The Morgan fingerprint density at radius 3 is 1.61 bits per heavy atom. The molecule has 0 heterocycles. The lowest BCUT2D eigenvalue weighted by Gasteiger charge is -2.22. The highest BCUT2D eigenvalue weighted by molar-refractivity contribution is 6.08. The summed E-state index contributed by atoms with van der Waals surface area (Å²) >= 11 is 0. The summed E-state index contributed by atoms with van der Waals surface area (Å²) in [5.74, 6) is 2.42. The van der Waals surface area contributed by atoms with E-state index in [-0.39, 0.29) is 10.8 Å². The van der Waals surface area contributed by atoms with Crippen LogP contribution in [-0.4, -0.2) is 11.6 Å². The summed E-state index contributed by atoms with van der Waals surface area (Å²) in [6, 6.07) is 8.34. The van der Waals surface area contributed by atoms with Crippen LogP contribution >= 0.6 is 0 Å². The topological polar surface area (TPSA) is 34.1 Å². The second kappa shape index (κ2) is 5.78. The third-order valence-electron chi connectivity index (χ3n) is 9.08. The van der Waals surface area contributed by atoms with Crippen molar-refractivity contribution in [3.63, 3.8) is 0 Å². The molecule has 4 aliphatic carbocycles. The highest BCUT2D eigenvalue weighted by Gasteiger charge is 2.57. The first-order chi connectivity index (χ1) is 13.3. The fraction of sp³-hybridized carbons (Fsp3) is 0.538. The molecule has 28 heavy (non-hydrogen) atoms. The van der Waals surface area contributed by atoms with E-state index in [0.29, 0.717) is 35.2 Å². The van der Waals surface area contributed by atoms with Crippen LogP contribution in [0.4, 0.5) is 0 Å². The van der Waals surface area contributed by atoms with Gasteiger partial charge < -0.3 is 0 Å². The molecule has 4 aliphatic rings. The molecule has 2 heteroatoms. The Kier molecular flexibility index (Phi) is 3.73. The van der Waals surface area contributed by atoms with Gasteiger partial charge in [-0.15, -0.1) is 0 Å². The van der Waals surface area contributed by atoms with Gasteiger partial charge in [0.25, 0.3) is 0 Å². The smallest absolute Gasteiger partial charge is 0.165 e. The number of hydrogen-bond donors (Lipinski definition) is 0. The van der Waals surface area contributed by atoms with E-state index >= 15 is 0 Å². The number of Topliss-reactive ketones (excluding diaryl/α,β-unsaturated/α-hetero) is 2. The Bertz CT molecular complexity index is 878. The van der Waals surface area contributed by atoms with Gasteiger partial charge in [0.2, 0.25) is 0 Å². The monoisotopic (exact) mass is 374 g/mol. The number of carbonyl (C=O) groups is 2. The standard InChI is InChI=1S/C26H30O2/c1-15-19-8-10-25(15,3)23(27)21(19)13-17-6-5-7-18(12-17)14-22-20-9-11-26(4,16(20)2)24(22)28/h5-7,12-16,19-20H,8-11H2,1-4H3/b21-13+,22-14+. The fourth-order valence-electron chi connectivity index (χ4n) is 6.68. The Morgan fingerprint density at radius 1 is 0.821 bits per heavy atom. The zero-order valence-electron chi connectivity index (χ0n) is 17.4. The molecule has 4 bridgehead atoms. The first-order valence-electron chi connectivity index (χ1n) is 10.9. The van der Waals surface area contributed by atoms with Crippen LogP contribution in [0.15, 0.2) is 35.4 Å². The summed E-state index contributed by atoms with van der Waals surface area (Å²) in [6.07, 6.45) is 8.55. The van der Waals surface area contributed by atoms with Crippen LogP contribution < -0.4 is 0 Å². The van der Waals surface area contributed by atoms with E-state index in [9.17, 15) is 9.59 Å². The van der Waals surface area contributed by atoms with Crippen LogP contribution in [0, 0.1) is 34.5 Å².